The lowest BCUT2D eigenvalue weighted by Gasteiger charge is -2.19. The normalized spacial score (nSPS) is 19.1. The van der Waals surface area contributed by atoms with Gasteiger partial charge in [-0.15, -0.1) is 6.58 Å². The highest BCUT2D eigenvalue weighted by Gasteiger charge is 2.37. The Labute approximate surface area is 59.4 Å². The highest BCUT2D eigenvalue weighted by atomic mass is 19.1. The molecule has 1 N–H and O–H groups in total. The van der Waals surface area contributed by atoms with Gasteiger partial charge in [-0.3, -0.25) is 0 Å². The van der Waals surface area contributed by atoms with Gasteiger partial charge in [-0.05, 0) is 6.92 Å². The number of hydrogen-bond acceptors (Lipinski definition) is 1. The maximum absolute atomic E-state index is 12.9. The summed E-state index contributed by atoms with van der Waals surface area (Å²) in [5.41, 5.74) is -2.19. The zero-order valence-electron chi connectivity index (χ0n) is 6.10. The van der Waals surface area contributed by atoms with Crippen molar-refractivity contribution in [2.45, 2.75) is 19.5 Å². The molecule has 0 unspecified atom stereocenters. The predicted molar refractivity (Wildman–Crippen MR) is 36.5 cm³/mol. The monoisotopic (exact) mass is 146 g/mol. The molecule has 0 aliphatic carbocycles. The second-order valence-electron chi connectivity index (χ2n) is 2.41. The fourth-order valence-corrected chi connectivity index (χ4v) is 0.416. The molecule has 0 amide bonds. The van der Waals surface area contributed by atoms with Crippen LogP contribution in [-0.4, -0.2) is 16.7 Å². The first-order chi connectivity index (χ1) is 4.42. The van der Waals surface area contributed by atoms with Crippen LogP contribution in [0.1, 0.15) is 13.8 Å². The Hall–Kier alpha value is -0.860. The minimum absolute atomic E-state index is 0.662. The Morgan fingerprint density at radius 1 is 1.90 bits per heavy atom. The zero-order chi connectivity index (χ0) is 8.36. The van der Waals surface area contributed by atoms with Crippen LogP contribution in [0.3, 0.4) is 0 Å². The van der Waals surface area contributed by atoms with Gasteiger partial charge >= 0.3 is 5.97 Å². The highest BCUT2D eigenvalue weighted by Crippen LogP contribution is 2.22. The van der Waals surface area contributed by atoms with Crippen LogP contribution in [0.2, 0.25) is 0 Å². The molecule has 0 radical (unpaired) electrons. The lowest BCUT2D eigenvalue weighted by molar-refractivity contribution is -0.151. The molecule has 0 aromatic heterocycles. The summed E-state index contributed by atoms with van der Waals surface area (Å²) in [6, 6.07) is 0. The summed E-state index contributed by atoms with van der Waals surface area (Å²) in [6.07, 6.45) is 1.29. The van der Waals surface area contributed by atoms with Gasteiger partial charge < -0.3 is 5.11 Å². The van der Waals surface area contributed by atoms with Crippen LogP contribution in [0, 0.1) is 5.92 Å². The van der Waals surface area contributed by atoms with E-state index in [-0.39, 0.29) is 0 Å². The van der Waals surface area contributed by atoms with Crippen molar-refractivity contribution in [3.63, 3.8) is 0 Å². The number of carboxylic acid groups (broad SMARTS) is 1. The van der Waals surface area contributed by atoms with Crippen LogP contribution in [0.5, 0.6) is 0 Å². The smallest absolute Gasteiger partial charge is 0.341 e. The summed E-state index contributed by atoms with van der Waals surface area (Å²) in [7, 11) is 0. The number of allylic oxidation sites excluding steroid dienone is 1. The van der Waals surface area contributed by atoms with E-state index in [1.165, 1.54) is 13.0 Å². The fraction of sp³-hybridized carbons (Fsp3) is 0.571. The van der Waals surface area contributed by atoms with Gasteiger partial charge in [0.05, 0.1) is 0 Å². The average molecular weight is 146 g/mol. The van der Waals surface area contributed by atoms with Gasteiger partial charge in [-0.2, -0.15) is 0 Å². The number of halogens is 1. The molecule has 0 fully saturated rings. The van der Waals surface area contributed by atoms with E-state index in [1.54, 1.807) is 0 Å². The van der Waals surface area contributed by atoms with Crippen LogP contribution in [0.4, 0.5) is 4.39 Å². The van der Waals surface area contributed by atoms with E-state index in [0.717, 1.165) is 6.92 Å². The summed E-state index contributed by atoms with van der Waals surface area (Å²) in [5.74, 6) is -2.11. The van der Waals surface area contributed by atoms with Gasteiger partial charge in [-0.25, -0.2) is 9.18 Å². The van der Waals surface area contributed by atoms with E-state index < -0.39 is 17.6 Å². The van der Waals surface area contributed by atoms with E-state index in [9.17, 15) is 9.18 Å². The van der Waals surface area contributed by atoms with Crippen molar-refractivity contribution in [2.24, 2.45) is 5.92 Å². The largest absolute Gasteiger partial charge is 0.479 e. The predicted octanol–water partition coefficient (Wildman–Crippen LogP) is 1.62. The molecule has 0 aliphatic rings. The molecular formula is C7H11FO2. The van der Waals surface area contributed by atoms with Gasteiger partial charge in [0.15, 0.2) is 0 Å². The Bertz CT molecular complexity index is 152. The second kappa shape index (κ2) is 2.82. The molecule has 0 saturated carbocycles. The van der Waals surface area contributed by atoms with Crippen LogP contribution in [0.15, 0.2) is 12.7 Å². The van der Waals surface area contributed by atoms with Gasteiger partial charge in [0, 0.05) is 5.92 Å². The Morgan fingerprint density at radius 2 is 2.30 bits per heavy atom. The summed E-state index contributed by atoms with van der Waals surface area (Å²) in [6.45, 7) is 5.81. The van der Waals surface area contributed by atoms with Crippen molar-refractivity contribution >= 4 is 5.97 Å². The first-order valence-corrected chi connectivity index (χ1v) is 2.97. The quantitative estimate of drug-likeness (QED) is 0.614. The first kappa shape index (κ1) is 9.14. The van der Waals surface area contributed by atoms with Crippen LogP contribution in [0.25, 0.3) is 0 Å². The number of hydrogen-bond donors (Lipinski definition) is 1. The third-order valence-electron chi connectivity index (χ3n) is 1.63. The van der Waals surface area contributed by atoms with Gasteiger partial charge in [-0.1, -0.05) is 13.0 Å². The Morgan fingerprint density at radius 3 is 2.40 bits per heavy atom. The van der Waals surface area contributed by atoms with E-state index >= 15 is 0 Å². The molecule has 10 heavy (non-hydrogen) atoms. The lowest BCUT2D eigenvalue weighted by Crippen LogP contribution is -2.35. The molecule has 0 rings (SSSR count). The third-order valence-corrected chi connectivity index (χ3v) is 1.63. The highest BCUT2D eigenvalue weighted by molar-refractivity contribution is 5.77. The van der Waals surface area contributed by atoms with Crippen LogP contribution in [-0.2, 0) is 4.79 Å². The van der Waals surface area contributed by atoms with Crippen molar-refractivity contribution in [1.82, 2.24) is 0 Å². The number of carboxylic acids is 1. The molecule has 0 aromatic carbocycles. The molecule has 2 atom stereocenters. The summed E-state index contributed by atoms with van der Waals surface area (Å²) in [4.78, 5) is 10.2. The molecular weight excluding hydrogens is 135 g/mol. The molecule has 3 heteroatoms. The fourth-order valence-electron chi connectivity index (χ4n) is 0.416. The zero-order valence-corrected chi connectivity index (χ0v) is 6.10. The Balaban J connectivity index is 4.38. The standard InChI is InChI=1S/C7H11FO2/c1-4-5(2)7(3,8)6(9)10/h4-5H,1H2,2-3H3,(H,9,10)/t5-,7-/m0/s1. The van der Waals surface area contributed by atoms with Crippen molar-refractivity contribution in [1.29, 1.82) is 0 Å². The molecule has 0 aromatic rings. The molecule has 0 heterocycles. The lowest BCUT2D eigenvalue weighted by atomic mass is 9.93. The first-order valence-electron chi connectivity index (χ1n) is 2.97. The minimum atomic E-state index is -2.19. The third kappa shape index (κ3) is 1.56. The molecule has 0 spiro atoms. The van der Waals surface area contributed by atoms with Crippen LogP contribution >= 0.6 is 0 Å². The van der Waals surface area contributed by atoms with E-state index in [4.69, 9.17) is 5.11 Å². The minimum Gasteiger partial charge on any atom is -0.479 e. The van der Waals surface area contributed by atoms with E-state index in [2.05, 4.69) is 6.58 Å². The molecule has 0 bridgehead atoms. The average Bonchev–Trinajstić information content (AvgIpc) is 1.86. The maximum Gasteiger partial charge on any atom is 0.341 e. The summed E-state index contributed by atoms with van der Waals surface area (Å²) in [5, 5.41) is 8.32. The van der Waals surface area contributed by atoms with E-state index in [1.807, 2.05) is 0 Å². The number of aliphatic carboxylic acids is 1. The van der Waals surface area contributed by atoms with Crippen molar-refractivity contribution < 1.29 is 14.3 Å². The molecule has 2 nitrogen and oxygen atoms in total. The SMILES string of the molecule is C=C[C@H](C)[C@](C)(F)C(=O)O. The van der Waals surface area contributed by atoms with Gasteiger partial charge in [0.25, 0.3) is 0 Å². The van der Waals surface area contributed by atoms with Gasteiger partial charge in [0.2, 0.25) is 5.67 Å². The molecule has 58 valence electrons. The Kier molecular flexibility index (Phi) is 2.57. The summed E-state index contributed by atoms with van der Waals surface area (Å²) >= 11 is 0. The van der Waals surface area contributed by atoms with E-state index in [0.29, 0.717) is 0 Å². The number of rotatable bonds is 3. The van der Waals surface area contributed by atoms with Crippen molar-refractivity contribution in [3.8, 4) is 0 Å². The van der Waals surface area contributed by atoms with Crippen molar-refractivity contribution in [2.75, 3.05) is 0 Å². The maximum atomic E-state index is 12.9. The summed E-state index contributed by atoms with van der Waals surface area (Å²) < 4.78 is 12.9. The topological polar surface area (TPSA) is 37.3 Å². The molecule has 0 saturated heterocycles. The number of carbonyl (C=O) groups is 1. The van der Waals surface area contributed by atoms with Crippen molar-refractivity contribution in [3.05, 3.63) is 12.7 Å². The second-order valence-corrected chi connectivity index (χ2v) is 2.41. The van der Waals surface area contributed by atoms with Crippen LogP contribution < -0.4 is 0 Å². The molecule has 0 aliphatic heterocycles. The van der Waals surface area contributed by atoms with Gasteiger partial charge in [0.1, 0.15) is 0 Å². The number of alkyl halides is 1.